The minimum absolute atomic E-state index is 0.369. The van der Waals surface area contributed by atoms with Gasteiger partial charge in [0.25, 0.3) is 0 Å². The van der Waals surface area contributed by atoms with E-state index in [1.165, 1.54) is 33.4 Å². The summed E-state index contributed by atoms with van der Waals surface area (Å²) >= 11 is 0. The molecule has 2 N–H and O–H groups in total. The average molecular weight is 355 g/mol. The monoisotopic (exact) mass is 354 g/mol. The fourth-order valence-electron chi connectivity index (χ4n) is 4.01. The van der Waals surface area contributed by atoms with Crippen LogP contribution in [0.3, 0.4) is 0 Å². The van der Waals surface area contributed by atoms with Gasteiger partial charge in [0.1, 0.15) is 11.5 Å². The molecule has 2 aromatic rings. The second-order valence-electron chi connectivity index (χ2n) is 7.28. The molecular weight excluding hydrogens is 320 g/mol. The number of aromatic hydroxyl groups is 2. The topological polar surface area (TPSA) is 40.5 Å². The van der Waals surface area contributed by atoms with E-state index in [2.05, 4.69) is 27.7 Å². The fraction of sp³-hybridized carbons (Fsp3) is 0.500. The fourth-order valence-corrected chi connectivity index (χ4v) is 4.01. The number of phenolic OH excluding ortho intramolecular Hbond substituents is 2. The molecule has 142 valence electrons. The highest BCUT2D eigenvalue weighted by molar-refractivity contribution is 5.79. The molecule has 0 aliphatic carbocycles. The van der Waals surface area contributed by atoms with Gasteiger partial charge >= 0.3 is 0 Å². The predicted molar refractivity (Wildman–Crippen MR) is 111 cm³/mol. The van der Waals surface area contributed by atoms with Crippen LogP contribution in [0.5, 0.6) is 11.5 Å². The normalized spacial score (nSPS) is 11.1. The highest BCUT2D eigenvalue weighted by Crippen LogP contribution is 2.40. The summed E-state index contributed by atoms with van der Waals surface area (Å²) < 4.78 is 0. The lowest BCUT2D eigenvalue weighted by molar-refractivity contribution is 0.472. The van der Waals surface area contributed by atoms with Crippen molar-refractivity contribution in [3.63, 3.8) is 0 Å². The second-order valence-corrected chi connectivity index (χ2v) is 7.28. The van der Waals surface area contributed by atoms with Gasteiger partial charge in [0.15, 0.2) is 0 Å². The van der Waals surface area contributed by atoms with E-state index >= 15 is 0 Å². The SMILES string of the molecule is CCCc1cc(O)cc(CCC)c1-c1c(CCC)cc(O)cc1CCC. The van der Waals surface area contributed by atoms with Crippen LogP contribution in [0.25, 0.3) is 11.1 Å². The van der Waals surface area contributed by atoms with E-state index in [9.17, 15) is 10.2 Å². The predicted octanol–water partition coefficient (Wildman–Crippen LogP) is 6.57. The Morgan fingerprint density at radius 2 is 0.731 bits per heavy atom. The van der Waals surface area contributed by atoms with E-state index in [1.54, 1.807) is 0 Å². The molecule has 0 atom stereocenters. The Hall–Kier alpha value is -1.96. The van der Waals surface area contributed by atoms with Crippen molar-refractivity contribution in [2.75, 3.05) is 0 Å². The molecule has 0 spiro atoms. The Balaban J connectivity index is 2.83. The lowest BCUT2D eigenvalue weighted by atomic mass is 9.83. The molecule has 0 heterocycles. The van der Waals surface area contributed by atoms with E-state index in [0.29, 0.717) is 11.5 Å². The molecule has 2 rings (SSSR count). The summed E-state index contributed by atoms with van der Waals surface area (Å²) in [5.74, 6) is 0.738. The van der Waals surface area contributed by atoms with Gasteiger partial charge in [-0.25, -0.2) is 0 Å². The molecule has 0 amide bonds. The first-order chi connectivity index (χ1) is 12.5. The standard InChI is InChI=1S/C24H34O2/c1-5-9-17-13-21(25)14-18(10-6-2)23(17)24-19(11-7-3)15-22(26)16-20(24)12-8-4/h13-16,25-26H,5-12H2,1-4H3. The molecular formula is C24H34O2. The Morgan fingerprint density at radius 1 is 0.500 bits per heavy atom. The zero-order valence-electron chi connectivity index (χ0n) is 16.9. The summed E-state index contributed by atoms with van der Waals surface area (Å²) in [4.78, 5) is 0. The van der Waals surface area contributed by atoms with Gasteiger partial charge in [-0.05, 0) is 83.3 Å². The van der Waals surface area contributed by atoms with Crippen molar-refractivity contribution < 1.29 is 10.2 Å². The highest BCUT2D eigenvalue weighted by atomic mass is 16.3. The number of hydrogen-bond donors (Lipinski definition) is 2. The summed E-state index contributed by atoms with van der Waals surface area (Å²) in [5.41, 5.74) is 7.54. The minimum Gasteiger partial charge on any atom is -0.508 e. The second kappa shape index (κ2) is 9.66. The van der Waals surface area contributed by atoms with Gasteiger partial charge in [0.05, 0.1) is 0 Å². The molecule has 2 heteroatoms. The van der Waals surface area contributed by atoms with E-state index in [1.807, 2.05) is 24.3 Å². The van der Waals surface area contributed by atoms with Crippen molar-refractivity contribution in [3.8, 4) is 22.6 Å². The van der Waals surface area contributed by atoms with Gasteiger partial charge in [-0.3, -0.25) is 0 Å². The Bertz CT molecular complexity index is 613. The molecule has 0 fully saturated rings. The van der Waals surface area contributed by atoms with Crippen molar-refractivity contribution in [1.82, 2.24) is 0 Å². The molecule has 0 aliphatic heterocycles. The molecule has 0 unspecified atom stereocenters. The molecule has 0 saturated heterocycles. The first-order valence-electron chi connectivity index (χ1n) is 10.2. The van der Waals surface area contributed by atoms with Crippen molar-refractivity contribution in [2.24, 2.45) is 0 Å². The minimum atomic E-state index is 0.369. The first kappa shape index (κ1) is 20.4. The van der Waals surface area contributed by atoms with Crippen LogP contribution in [0.15, 0.2) is 24.3 Å². The van der Waals surface area contributed by atoms with E-state index in [4.69, 9.17) is 0 Å². The molecule has 0 bridgehead atoms. The zero-order valence-corrected chi connectivity index (χ0v) is 16.9. The van der Waals surface area contributed by atoms with Crippen LogP contribution in [-0.2, 0) is 25.7 Å². The third-order valence-corrected chi connectivity index (χ3v) is 4.90. The van der Waals surface area contributed by atoms with Crippen LogP contribution < -0.4 is 0 Å². The molecule has 0 aliphatic rings. The highest BCUT2D eigenvalue weighted by Gasteiger charge is 2.19. The van der Waals surface area contributed by atoms with Crippen molar-refractivity contribution >= 4 is 0 Å². The van der Waals surface area contributed by atoms with Gasteiger partial charge in [-0.2, -0.15) is 0 Å². The Morgan fingerprint density at radius 3 is 0.923 bits per heavy atom. The van der Waals surface area contributed by atoms with Crippen LogP contribution in [0.1, 0.15) is 75.6 Å². The molecule has 26 heavy (non-hydrogen) atoms. The lowest BCUT2D eigenvalue weighted by Gasteiger charge is -2.22. The molecule has 0 aromatic heterocycles. The van der Waals surface area contributed by atoms with Crippen LogP contribution in [-0.4, -0.2) is 10.2 Å². The smallest absolute Gasteiger partial charge is 0.116 e. The quantitative estimate of drug-likeness (QED) is 0.534. The van der Waals surface area contributed by atoms with Crippen molar-refractivity contribution in [3.05, 3.63) is 46.5 Å². The van der Waals surface area contributed by atoms with E-state index in [0.717, 1.165) is 51.4 Å². The maximum atomic E-state index is 10.3. The van der Waals surface area contributed by atoms with Crippen LogP contribution in [0, 0.1) is 0 Å². The lowest BCUT2D eigenvalue weighted by Crippen LogP contribution is -2.03. The number of rotatable bonds is 9. The molecule has 2 aromatic carbocycles. The molecule has 0 saturated carbocycles. The summed E-state index contributed by atoms with van der Waals surface area (Å²) in [6.07, 6.45) is 8.02. The number of phenols is 2. The number of benzene rings is 2. The summed E-state index contributed by atoms with van der Waals surface area (Å²) in [7, 11) is 0. The van der Waals surface area contributed by atoms with E-state index in [-0.39, 0.29) is 0 Å². The van der Waals surface area contributed by atoms with Crippen LogP contribution >= 0.6 is 0 Å². The van der Waals surface area contributed by atoms with Crippen LogP contribution in [0.2, 0.25) is 0 Å². The van der Waals surface area contributed by atoms with E-state index < -0.39 is 0 Å². The van der Waals surface area contributed by atoms with Crippen molar-refractivity contribution in [2.45, 2.75) is 79.1 Å². The maximum Gasteiger partial charge on any atom is 0.116 e. The zero-order chi connectivity index (χ0) is 19.1. The molecule has 0 radical (unpaired) electrons. The third kappa shape index (κ3) is 4.60. The van der Waals surface area contributed by atoms with Gasteiger partial charge in [-0.15, -0.1) is 0 Å². The summed E-state index contributed by atoms with van der Waals surface area (Å²) in [6.45, 7) is 8.74. The largest absolute Gasteiger partial charge is 0.508 e. The maximum absolute atomic E-state index is 10.3. The van der Waals surface area contributed by atoms with Gasteiger partial charge in [0.2, 0.25) is 0 Å². The third-order valence-electron chi connectivity index (χ3n) is 4.90. The Labute approximate surface area is 158 Å². The first-order valence-corrected chi connectivity index (χ1v) is 10.2. The van der Waals surface area contributed by atoms with Gasteiger partial charge in [0, 0.05) is 0 Å². The van der Waals surface area contributed by atoms with Gasteiger partial charge in [-0.1, -0.05) is 53.4 Å². The Kier molecular flexibility index (Phi) is 7.56. The average Bonchev–Trinajstić information content (AvgIpc) is 2.57. The van der Waals surface area contributed by atoms with Crippen molar-refractivity contribution in [1.29, 1.82) is 0 Å². The number of aryl methyl sites for hydroxylation is 4. The van der Waals surface area contributed by atoms with Crippen LogP contribution in [0.4, 0.5) is 0 Å². The summed E-state index contributed by atoms with van der Waals surface area (Å²) in [5, 5.41) is 20.5. The summed E-state index contributed by atoms with van der Waals surface area (Å²) in [6, 6.07) is 7.76. The van der Waals surface area contributed by atoms with Gasteiger partial charge < -0.3 is 10.2 Å². The number of hydrogen-bond acceptors (Lipinski definition) is 2. The molecule has 2 nitrogen and oxygen atoms in total.